The summed E-state index contributed by atoms with van der Waals surface area (Å²) in [5.41, 5.74) is 4.45. The van der Waals surface area contributed by atoms with Crippen molar-refractivity contribution >= 4 is 24.8 Å². The number of allylic oxidation sites excluding steroid dienone is 1. The van der Waals surface area contributed by atoms with Gasteiger partial charge >= 0.3 is 5.97 Å². The van der Waals surface area contributed by atoms with Crippen molar-refractivity contribution in [3.05, 3.63) is 95.6 Å². The lowest BCUT2D eigenvalue weighted by atomic mass is 10.0. The highest BCUT2D eigenvalue weighted by atomic mass is 16.5. The summed E-state index contributed by atoms with van der Waals surface area (Å²) in [4.78, 5) is 31.7. The van der Waals surface area contributed by atoms with Crippen molar-refractivity contribution in [1.82, 2.24) is 0 Å². The lowest BCUT2D eigenvalue weighted by molar-refractivity contribution is -0.104. The zero-order valence-corrected chi connectivity index (χ0v) is 25.6. The van der Waals surface area contributed by atoms with Crippen molar-refractivity contribution in [3.63, 3.8) is 0 Å². The van der Waals surface area contributed by atoms with Gasteiger partial charge in [-0.2, -0.15) is 0 Å². The fourth-order valence-corrected chi connectivity index (χ4v) is 3.46. The Morgan fingerprint density at radius 2 is 1.51 bits per heavy atom. The van der Waals surface area contributed by atoms with Crippen LogP contribution in [0.2, 0.25) is 0 Å². The van der Waals surface area contributed by atoms with Crippen LogP contribution in [0.15, 0.2) is 78.9 Å². The second-order valence-corrected chi connectivity index (χ2v) is 9.37. The van der Waals surface area contributed by atoms with Gasteiger partial charge in [-0.05, 0) is 78.6 Å². The molecule has 0 aromatic heterocycles. The molecule has 3 aromatic carbocycles. The smallest absolute Gasteiger partial charge is 0.338 e. The highest BCUT2D eigenvalue weighted by Gasteiger charge is 2.08. The molecule has 0 spiro atoms. The number of ether oxygens (including phenoxy) is 4. The predicted octanol–water partition coefficient (Wildman–Crippen LogP) is 7.38. The summed E-state index contributed by atoms with van der Waals surface area (Å²) in [5, 5.41) is 7.47. The number of hydrogen-bond donors (Lipinski definition) is 1. The molecule has 8 nitrogen and oxygen atoms in total. The molecule has 3 rings (SSSR count). The van der Waals surface area contributed by atoms with Gasteiger partial charge in [0.15, 0.2) is 0 Å². The standard InChI is InChI=1S/C20H23NO3.C11H14O3.C4H6O/c1-3-4-5-12-24-20(22)16-8-6-15(7-9-16)17-10-11-19(23-2)18(13-17)14-21;1-13-7-2-8-14-11-5-3-10(9-12)4-6-11;1-4(2)3-5/h6-11,13-14,21H,3-5,12H2,1-2H3;3-6,9H,2,7-8H2,1H3;3H,1H2,2H3. The third kappa shape index (κ3) is 14.8. The topological polar surface area (TPSA) is 112 Å². The van der Waals surface area contributed by atoms with E-state index in [2.05, 4.69) is 13.5 Å². The number of esters is 1. The van der Waals surface area contributed by atoms with Crippen LogP contribution >= 0.6 is 0 Å². The summed E-state index contributed by atoms with van der Waals surface area (Å²) in [6, 6.07) is 20.0. The van der Waals surface area contributed by atoms with Gasteiger partial charge < -0.3 is 24.4 Å². The number of methoxy groups -OCH3 is 2. The van der Waals surface area contributed by atoms with Crippen molar-refractivity contribution in [2.75, 3.05) is 34.0 Å². The molecule has 8 heteroatoms. The minimum absolute atomic E-state index is 0.285. The number of carbonyl (C=O) groups is 3. The lowest BCUT2D eigenvalue weighted by Crippen LogP contribution is -2.06. The first-order valence-corrected chi connectivity index (χ1v) is 14.1. The number of nitrogens with one attached hydrogen (secondary N) is 1. The van der Waals surface area contributed by atoms with Gasteiger partial charge in [0.05, 0.1) is 25.9 Å². The Labute approximate surface area is 255 Å². The zero-order chi connectivity index (χ0) is 31.9. The Morgan fingerprint density at radius 1 is 0.860 bits per heavy atom. The largest absolute Gasteiger partial charge is 0.496 e. The molecular formula is C35H43NO7. The molecule has 43 heavy (non-hydrogen) atoms. The third-order valence-corrected chi connectivity index (χ3v) is 5.80. The highest BCUT2D eigenvalue weighted by molar-refractivity contribution is 5.90. The van der Waals surface area contributed by atoms with Crippen LogP contribution in [0.3, 0.4) is 0 Å². The molecule has 0 atom stereocenters. The second kappa shape index (κ2) is 22.1. The molecular weight excluding hydrogens is 546 g/mol. The van der Waals surface area contributed by atoms with E-state index in [9.17, 15) is 14.4 Å². The normalized spacial score (nSPS) is 9.67. The molecule has 0 amide bonds. The Balaban J connectivity index is 0.000000409. The average molecular weight is 590 g/mol. The molecule has 0 heterocycles. The maximum absolute atomic E-state index is 12.0. The fourth-order valence-electron chi connectivity index (χ4n) is 3.46. The minimum atomic E-state index is -0.285. The molecule has 0 radical (unpaired) electrons. The maximum Gasteiger partial charge on any atom is 0.338 e. The van der Waals surface area contributed by atoms with Crippen LogP contribution in [-0.2, 0) is 14.3 Å². The van der Waals surface area contributed by atoms with Crippen LogP contribution in [0.4, 0.5) is 0 Å². The quantitative estimate of drug-likeness (QED) is 0.0647. The number of benzene rings is 3. The molecule has 1 N–H and O–H groups in total. The van der Waals surface area contributed by atoms with Gasteiger partial charge in [0.25, 0.3) is 0 Å². The summed E-state index contributed by atoms with van der Waals surface area (Å²) in [6.45, 7) is 8.88. The molecule has 0 aliphatic heterocycles. The Kier molecular flexibility index (Phi) is 18.7. The number of rotatable bonds is 15. The fraction of sp³-hybridized carbons (Fsp3) is 0.314. The first kappa shape index (κ1) is 36.5. The van der Waals surface area contributed by atoms with E-state index in [1.165, 1.54) is 6.21 Å². The van der Waals surface area contributed by atoms with Gasteiger partial charge in [-0.3, -0.25) is 9.59 Å². The van der Waals surface area contributed by atoms with Gasteiger partial charge in [-0.1, -0.05) is 44.5 Å². The van der Waals surface area contributed by atoms with Gasteiger partial charge in [-0.25, -0.2) is 4.79 Å². The van der Waals surface area contributed by atoms with Crippen molar-refractivity contribution in [2.45, 2.75) is 39.5 Å². The molecule has 0 saturated heterocycles. The summed E-state index contributed by atoms with van der Waals surface area (Å²) >= 11 is 0. The van der Waals surface area contributed by atoms with Crippen molar-refractivity contribution in [3.8, 4) is 22.6 Å². The van der Waals surface area contributed by atoms with E-state index in [0.29, 0.717) is 42.3 Å². The third-order valence-electron chi connectivity index (χ3n) is 5.80. The first-order chi connectivity index (χ1) is 20.8. The summed E-state index contributed by atoms with van der Waals surface area (Å²) in [6.07, 6.45) is 6.74. The van der Waals surface area contributed by atoms with Crippen LogP contribution < -0.4 is 9.47 Å². The summed E-state index contributed by atoms with van der Waals surface area (Å²) in [5.74, 6) is 1.17. The van der Waals surface area contributed by atoms with Gasteiger partial charge in [0.2, 0.25) is 0 Å². The van der Waals surface area contributed by atoms with Gasteiger partial charge in [0, 0.05) is 37.5 Å². The average Bonchev–Trinajstić information content (AvgIpc) is 3.05. The number of carbonyl (C=O) groups excluding carboxylic acids is 3. The van der Waals surface area contributed by atoms with Crippen LogP contribution in [0.1, 0.15) is 65.8 Å². The van der Waals surface area contributed by atoms with E-state index in [0.717, 1.165) is 60.7 Å². The minimum Gasteiger partial charge on any atom is -0.496 e. The van der Waals surface area contributed by atoms with Gasteiger partial charge in [-0.15, -0.1) is 0 Å². The molecule has 0 aliphatic carbocycles. The van der Waals surface area contributed by atoms with Crippen molar-refractivity contribution in [1.29, 1.82) is 5.41 Å². The molecule has 0 fully saturated rings. The number of unbranched alkanes of at least 4 members (excludes halogenated alkanes) is 2. The SMILES string of the molecule is C=C(C)C=O.CCCCCOC(=O)c1ccc(-c2ccc(OC)c(C=N)c2)cc1.COCCCOc1ccc(C=O)cc1. The Bertz CT molecular complexity index is 1270. The van der Waals surface area contributed by atoms with E-state index < -0.39 is 0 Å². The first-order valence-electron chi connectivity index (χ1n) is 14.1. The Morgan fingerprint density at radius 3 is 2.05 bits per heavy atom. The van der Waals surface area contributed by atoms with Crippen LogP contribution in [0, 0.1) is 5.41 Å². The molecule has 0 aliphatic rings. The highest BCUT2D eigenvalue weighted by Crippen LogP contribution is 2.26. The summed E-state index contributed by atoms with van der Waals surface area (Å²) < 4.78 is 20.8. The van der Waals surface area contributed by atoms with Crippen LogP contribution in [0.5, 0.6) is 11.5 Å². The predicted molar refractivity (Wildman–Crippen MR) is 171 cm³/mol. The molecule has 0 unspecified atom stereocenters. The maximum atomic E-state index is 12.0. The molecule has 230 valence electrons. The molecule has 0 saturated carbocycles. The van der Waals surface area contributed by atoms with Crippen LogP contribution in [-0.4, -0.2) is 58.8 Å². The van der Waals surface area contributed by atoms with E-state index in [1.807, 2.05) is 30.3 Å². The van der Waals surface area contributed by atoms with Crippen LogP contribution in [0.25, 0.3) is 11.1 Å². The second-order valence-electron chi connectivity index (χ2n) is 9.37. The van der Waals surface area contributed by atoms with E-state index in [1.54, 1.807) is 57.5 Å². The van der Waals surface area contributed by atoms with E-state index in [-0.39, 0.29) is 5.97 Å². The monoisotopic (exact) mass is 589 g/mol. The number of aldehydes is 2. The van der Waals surface area contributed by atoms with Crippen molar-refractivity contribution < 1.29 is 33.3 Å². The lowest BCUT2D eigenvalue weighted by Gasteiger charge is -2.09. The van der Waals surface area contributed by atoms with E-state index in [4.69, 9.17) is 24.4 Å². The van der Waals surface area contributed by atoms with E-state index >= 15 is 0 Å². The van der Waals surface area contributed by atoms with Gasteiger partial charge in [0.1, 0.15) is 24.1 Å². The zero-order valence-electron chi connectivity index (χ0n) is 25.6. The Hall–Kier alpha value is -4.56. The molecule has 3 aromatic rings. The summed E-state index contributed by atoms with van der Waals surface area (Å²) in [7, 11) is 3.25. The number of hydrogen-bond acceptors (Lipinski definition) is 8. The van der Waals surface area contributed by atoms with Crippen molar-refractivity contribution in [2.24, 2.45) is 0 Å². The molecule has 0 bridgehead atoms.